The fourth-order valence-electron chi connectivity index (χ4n) is 2.27. The van der Waals surface area contributed by atoms with Gasteiger partial charge in [-0.3, -0.25) is 0 Å². The Kier molecular flexibility index (Phi) is 3.35. The molecular formula is C13H10N2OS3. The highest BCUT2D eigenvalue weighted by Gasteiger charge is 2.33. The maximum atomic E-state index is 9.39. The Bertz CT molecular complexity index is 696. The minimum Gasteiger partial charge on any atom is -0.508 e. The molecule has 3 nitrogen and oxygen atoms in total. The van der Waals surface area contributed by atoms with Crippen LogP contribution in [0.1, 0.15) is 16.4 Å². The molecule has 0 saturated heterocycles. The molecule has 0 fully saturated rings. The van der Waals surface area contributed by atoms with Gasteiger partial charge in [0.15, 0.2) is 3.95 Å². The third-order valence-electron chi connectivity index (χ3n) is 3.15. The smallest absolute Gasteiger partial charge is 0.159 e. The average molecular weight is 306 g/mol. The number of thiazole rings is 1. The number of hydrogen-bond donors (Lipinski definition) is 2. The van der Waals surface area contributed by atoms with Crippen molar-refractivity contribution >= 4 is 35.3 Å². The Labute approximate surface area is 123 Å². The van der Waals surface area contributed by atoms with E-state index in [1.54, 1.807) is 35.2 Å². The zero-order valence-corrected chi connectivity index (χ0v) is 12.2. The highest BCUT2D eigenvalue weighted by Crippen LogP contribution is 2.46. The summed E-state index contributed by atoms with van der Waals surface area (Å²) in [6, 6.07) is 9.48. The summed E-state index contributed by atoms with van der Waals surface area (Å²) in [6.07, 6.45) is 0. The van der Waals surface area contributed by atoms with Crippen LogP contribution in [0.4, 0.5) is 0 Å². The molecule has 6 heteroatoms. The second-order valence-electron chi connectivity index (χ2n) is 4.32. The molecule has 0 radical (unpaired) electrons. The zero-order chi connectivity index (χ0) is 13.4. The van der Waals surface area contributed by atoms with Gasteiger partial charge in [0.05, 0.1) is 17.0 Å². The molecule has 2 N–H and O–H groups in total. The number of hydrogen-bond acceptors (Lipinski definition) is 5. The van der Waals surface area contributed by atoms with Crippen LogP contribution in [0.5, 0.6) is 5.75 Å². The second-order valence-corrected chi connectivity index (χ2v) is 7.07. The Morgan fingerprint density at radius 1 is 1.37 bits per heavy atom. The minimum absolute atomic E-state index is 0.0415. The molecule has 0 saturated carbocycles. The molecule has 0 aliphatic carbocycles. The summed E-state index contributed by atoms with van der Waals surface area (Å²) in [6.45, 7) is 0. The van der Waals surface area contributed by atoms with Gasteiger partial charge in [0.1, 0.15) is 5.75 Å². The lowest BCUT2D eigenvalue weighted by molar-refractivity contribution is 0.474. The molecule has 2 unspecified atom stereocenters. The van der Waals surface area contributed by atoms with Gasteiger partial charge in [-0.15, -0.1) is 23.1 Å². The molecule has 1 aliphatic rings. The SMILES string of the molecule is N#CC1CSc2[nH]c(=S)sc2C1c1ccc(O)cc1. The van der Waals surface area contributed by atoms with Crippen LogP contribution in [-0.4, -0.2) is 15.8 Å². The number of aromatic amines is 1. The Balaban J connectivity index is 2.13. The van der Waals surface area contributed by atoms with Crippen molar-refractivity contribution in [3.05, 3.63) is 38.7 Å². The number of nitrogens with one attached hydrogen (secondary N) is 1. The molecule has 2 atom stereocenters. The summed E-state index contributed by atoms with van der Waals surface area (Å²) < 4.78 is 0.750. The van der Waals surface area contributed by atoms with Crippen LogP contribution in [0.3, 0.4) is 0 Å². The van der Waals surface area contributed by atoms with Crippen molar-refractivity contribution in [1.29, 1.82) is 5.26 Å². The molecule has 3 rings (SSSR count). The van der Waals surface area contributed by atoms with E-state index >= 15 is 0 Å². The van der Waals surface area contributed by atoms with E-state index in [-0.39, 0.29) is 17.6 Å². The lowest BCUT2D eigenvalue weighted by Crippen LogP contribution is -2.18. The normalized spacial score (nSPS) is 21.6. The molecule has 1 aliphatic heterocycles. The van der Waals surface area contributed by atoms with Crippen molar-refractivity contribution in [2.24, 2.45) is 5.92 Å². The van der Waals surface area contributed by atoms with Crippen LogP contribution in [0.2, 0.25) is 0 Å². The summed E-state index contributed by atoms with van der Waals surface area (Å²) in [5, 5.41) is 19.8. The number of fused-ring (bicyclic) bond motifs is 1. The summed E-state index contributed by atoms with van der Waals surface area (Å²) in [7, 11) is 0. The topological polar surface area (TPSA) is 59.8 Å². The quantitative estimate of drug-likeness (QED) is 0.785. The average Bonchev–Trinajstić information content (AvgIpc) is 2.79. The van der Waals surface area contributed by atoms with Crippen molar-refractivity contribution in [2.75, 3.05) is 5.75 Å². The fourth-order valence-corrected chi connectivity index (χ4v) is 5.05. The summed E-state index contributed by atoms with van der Waals surface area (Å²) >= 11 is 8.41. The van der Waals surface area contributed by atoms with Gasteiger partial charge in [0.2, 0.25) is 0 Å². The lowest BCUT2D eigenvalue weighted by atomic mass is 9.86. The Morgan fingerprint density at radius 3 is 2.79 bits per heavy atom. The van der Waals surface area contributed by atoms with Gasteiger partial charge in [-0.2, -0.15) is 5.26 Å². The first kappa shape index (κ1) is 12.7. The molecule has 19 heavy (non-hydrogen) atoms. The van der Waals surface area contributed by atoms with Crippen molar-refractivity contribution in [3.8, 4) is 11.8 Å². The van der Waals surface area contributed by atoms with Gasteiger partial charge >= 0.3 is 0 Å². The molecule has 1 aromatic carbocycles. The lowest BCUT2D eigenvalue weighted by Gasteiger charge is -2.26. The molecule has 2 heterocycles. The van der Waals surface area contributed by atoms with E-state index in [9.17, 15) is 10.4 Å². The molecule has 1 aromatic heterocycles. The van der Waals surface area contributed by atoms with Crippen LogP contribution in [-0.2, 0) is 0 Å². The van der Waals surface area contributed by atoms with E-state index in [1.165, 1.54) is 0 Å². The predicted octanol–water partition coefficient (Wildman–Crippen LogP) is 3.89. The van der Waals surface area contributed by atoms with E-state index in [0.717, 1.165) is 25.2 Å². The van der Waals surface area contributed by atoms with Crippen LogP contribution >= 0.6 is 35.3 Å². The summed E-state index contributed by atoms with van der Waals surface area (Å²) in [4.78, 5) is 4.33. The van der Waals surface area contributed by atoms with Gasteiger partial charge in [0, 0.05) is 16.5 Å². The Morgan fingerprint density at radius 2 is 2.11 bits per heavy atom. The summed E-state index contributed by atoms with van der Waals surface area (Å²) in [5.74, 6) is 0.976. The van der Waals surface area contributed by atoms with Crippen LogP contribution < -0.4 is 0 Å². The first-order valence-corrected chi connectivity index (χ1v) is 7.94. The van der Waals surface area contributed by atoms with Crippen molar-refractivity contribution in [1.82, 2.24) is 4.98 Å². The predicted molar refractivity (Wildman–Crippen MR) is 79.3 cm³/mol. The third kappa shape index (κ3) is 2.29. The number of thioether (sulfide) groups is 1. The van der Waals surface area contributed by atoms with Crippen molar-refractivity contribution in [3.63, 3.8) is 0 Å². The number of nitriles is 1. The van der Waals surface area contributed by atoms with E-state index in [2.05, 4.69) is 11.1 Å². The van der Waals surface area contributed by atoms with Crippen LogP contribution in [0.25, 0.3) is 0 Å². The number of phenols is 1. The number of H-pyrrole nitrogens is 1. The largest absolute Gasteiger partial charge is 0.508 e. The first-order chi connectivity index (χ1) is 9.19. The molecule has 2 aromatic rings. The summed E-state index contributed by atoms with van der Waals surface area (Å²) in [5.41, 5.74) is 1.05. The highest BCUT2D eigenvalue weighted by atomic mass is 32.2. The number of aromatic nitrogens is 1. The molecule has 0 amide bonds. The second kappa shape index (κ2) is 5.00. The van der Waals surface area contributed by atoms with Crippen LogP contribution in [0.15, 0.2) is 29.3 Å². The number of benzene rings is 1. The number of rotatable bonds is 1. The first-order valence-electron chi connectivity index (χ1n) is 5.73. The van der Waals surface area contributed by atoms with Gasteiger partial charge in [-0.05, 0) is 29.9 Å². The Hall–Kier alpha value is -1.29. The number of aromatic hydroxyl groups is 1. The van der Waals surface area contributed by atoms with E-state index in [4.69, 9.17) is 12.2 Å². The van der Waals surface area contributed by atoms with E-state index < -0.39 is 0 Å². The number of phenolic OH excluding ortho intramolecular Hbond substituents is 1. The standard InChI is InChI=1S/C13H10N2OS3/c14-5-8-6-18-12-11(19-13(17)15-12)10(8)7-1-3-9(16)4-2-7/h1-4,8,10,16H,6H2,(H,15,17). The van der Waals surface area contributed by atoms with Crippen molar-refractivity contribution < 1.29 is 5.11 Å². The molecule has 0 spiro atoms. The third-order valence-corrected chi connectivity index (χ3v) is 5.74. The molecular weight excluding hydrogens is 296 g/mol. The van der Waals surface area contributed by atoms with Gasteiger partial charge in [-0.25, -0.2) is 0 Å². The molecule has 0 bridgehead atoms. The monoisotopic (exact) mass is 306 g/mol. The van der Waals surface area contributed by atoms with E-state index in [0.29, 0.717) is 0 Å². The zero-order valence-electron chi connectivity index (χ0n) is 9.79. The van der Waals surface area contributed by atoms with Gasteiger partial charge in [-0.1, -0.05) is 12.1 Å². The maximum Gasteiger partial charge on any atom is 0.159 e. The molecule has 96 valence electrons. The van der Waals surface area contributed by atoms with Crippen molar-refractivity contribution in [2.45, 2.75) is 10.9 Å². The maximum absolute atomic E-state index is 9.39. The number of nitrogens with zero attached hydrogens (tertiary/aromatic N) is 1. The minimum atomic E-state index is -0.0662. The highest BCUT2D eigenvalue weighted by molar-refractivity contribution is 7.99. The van der Waals surface area contributed by atoms with E-state index in [1.807, 2.05) is 12.1 Å². The van der Waals surface area contributed by atoms with Crippen LogP contribution in [0, 0.1) is 21.2 Å². The van der Waals surface area contributed by atoms with Gasteiger partial charge < -0.3 is 10.1 Å². The fraction of sp³-hybridized carbons (Fsp3) is 0.231. The van der Waals surface area contributed by atoms with Gasteiger partial charge in [0.25, 0.3) is 0 Å².